The van der Waals surface area contributed by atoms with E-state index < -0.39 is 9.84 Å². The van der Waals surface area contributed by atoms with Gasteiger partial charge in [0.2, 0.25) is 5.13 Å². The first-order valence-electron chi connectivity index (χ1n) is 8.83. The van der Waals surface area contributed by atoms with Gasteiger partial charge in [0.15, 0.2) is 13.8 Å². The van der Waals surface area contributed by atoms with E-state index in [9.17, 15) is 8.42 Å². The van der Waals surface area contributed by atoms with Crippen molar-refractivity contribution in [3.63, 3.8) is 0 Å². The second-order valence-corrected chi connectivity index (χ2v) is 11.0. The van der Waals surface area contributed by atoms with Crippen LogP contribution < -0.4 is 5.32 Å². The van der Waals surface area contributed by atoms with Gasteiger partial charge in [0, 0.05) is 16.8 Å². The third-order valence-corrected chi connectivity index (χ3v) is 7.96. The summed E-state index contributed by atoms with van der Waals surface area (Å²) in [5.41, 5.74) is 1.87. The van der Waals surface area contributed by atoms with Gasteiger partial charge in [-0.15, -0.1) is 5.10 Å². The van der Waals surface area contributed by atoms with Crippen LogP contribution in [0.15, 0.2) is 18.2 Å². The summed E-state index contributed by atoms with van der Waals surface area (Å²) in [5.74, 6) is 0.485. The number of rotatable bonds is 7. The third-order valence-electron chi connectivity index (χ3n) is 4.58. The van der Waals surface area contributed by atoms with E-state index in [1.807, 2.05) is 25.1 Å². The van der Waals surface area contributed by atoms with Crippen LogP contribution in [0.2, 0.25) is 5.02 Å². The molecule has 0 unspecified atom stereocenters. The van der Waals surface area contributed by atoms with Crippen molar-refractivity contribution in [1.82, 2.24) is 14.7 Å². The third kappa shape index (κ3) is 5.29. The van der Waals surface area contributed by atoms with Crippen LogP contribution in [0.4, 0.5) is 10.8 Å². The Morgan fingerprint density at radius 3 is 2.89 bits per heavy atom. The Kier molecular flexibility index (Phi) is 6.58. The van der Waals surface area contributed by atoms with Gasteiger partial charge in [0.05, 0.1) is 18.2 Å². The lowest BCUT2D eigenvalue weighted by molar-refractivity contribution is 0.156. The molecule has 0 saturated carbocycles. The zero-order valence-electron chi connectivity index (χ0n) is 15.3. The van der Waals surface area contributed by atoms with Gasteiger partial charge in [-0.05, 0) is 56.2 Å². The van der Waals surface area contributed by atoms with E-state index in [0.29, 0.717) is 27.2 Å². The Morgan fingerprint density at radius 1 is 1.48 bits per heavy atom. The van der Waals surface area contributed by atoms with Crippen molar-refractivity contribution in [3.05, 3.63) is 32.7 Å². The van der Waals surface area contributed by atoms with Gasteiger partial charge in [-0.2, -0.15) is 0 Å². The Morgan fingerprint density at radius 2 is 2.26 bits per heavy atom. The lowest BCUT2D eigenvalue weighted by atomic mass is 10.2. The average molecular weight is 447 g/mol. The molecule has 2 aromatic rings. The molecule has 1 saturated heterocycles. The van der Waals surface area contributed by atoms with Gasteiger partial charge < -0.3 is 5.32 Å². The first-order chi connectivity index (χ1) is 12.8. The number of nitrogens with one attached hydrogen (secondary N) is 1. The topological polar surface area (TPSA) is 67.2 Å². The molecule has 0 aliphatic carbocycles. The van der Waals surface area contributed by atoms with E-state index in [1.54, 1.807) is 4.68 Å². The van der Waals surface area contributed by atoms with E-state index in [1.165, 1.54) is 11.3 Å². The van der Waals surface area contributed by atoms with E-state index in [-0.39, 0.29) is 17.5 Å². The van der Waals surface area contributed by atoms with Crippen LogP contribution in [-0.2, 0) is 16.5 Å². The largest absolute Gasteiger partial charge is 0.330 e. The fourth-order valence-electron chi connectivity index (χ4n) is 3.13. The molecule has 6 nitrogen and oxygen atoms in total. The standard InChI is InChI=1S/C17H23ClN4O2S3/c1-3-7-21(14-6-8-27(23,24)10-14)11-22-17(25)26-16(20-22)19-13-5-4-12(2)15(18)9-13/h4-5,9,14H,3,6-8,10-11H2,1-2H3,(H,19,20)/t14-/m1/s1. The second-order valence-electron chi connectivity index (χ2n) is 6.77. The van der Waals surface area contributed by atoms with E-state index in [4.69, 9.17) is 23.8 Å². The number of hydrogen-bond donors (Lipinski definition) is 1. The maximum atomic E-state index is 11.8. The molecule has 1 fully saturated rings. The zero-order valence-corrected chi connectivity index (χ0v) is 18.5. The van der Waals surface area contributed by atoms with Crippen molar-refractivity contribution in [3.8, 4) is 0 Å². The number of hydrogen-bond acceptors (Lipinski definition) is 7. The van der Waals surface area contributed by atoms with E-state index in [0.717, 1.165) is 24.2 Å². The molecule has 0 amide bonds. The molecule has 0 spiro atoms. The minimum absolute atomic E-state index is 0.0332. The summed E-state index contributed by atoms with van der Waals surface area (Å²) >= 11 is 13.0. The maximum absolute atomic E-state index is 11.8. The highest BCUT2D eigenvalue weighted by atomic mass is 35.5. The van der Waals surface area contributed by atoms with E-state index in [2.05, 4.69) is 22.2 Å². The monoisotopic (exact) mass is 446 g/mol. The highest BCUT2D eigenvalue weighted by molar-refractivity contribution is 7.91. The van der Waals surface area contributed by atoms with Gasteiger partial charge >= 0.3 is 0 Å². The molecule has 2 heterocycles. The molecule has 3 rings (SSSR count). The number of aromatic nitrogens is 2. The average Bonchev–Trinajstić information content (AvgIpc) is 3.12. The lowest BCUT2D eigenvalue weighted by Gasteiger charge is -2.27. The summed E-state index contributed by atoms with van der Waals surface area (Å²) in [6, 6.07) is 5.79. The van der Waals surface area contributed by atoms with Crippen LogP contribution >= 0.6 is 35.2 Å². The van der Waals surface area contributed by atoms with Gasteiger partial charge in [-0.25, -0.2) is 13.1 Å². The Bertz CT molecular complexity index is 971. The van der Waals surface area contributed by atoms with Crippen LogP contribution in [0.25, 0.3) is 0 Å². The Labute approximate surface area is 174 Å². The lowest BCUT2D eigenvalue weighted by Crippen LogP contribution is -2.38. The predicted molar refractivity (Wildman–Crippen MR) is 114 cm³/mol. The summed E-state index contributed by atoms with van der Waals surface area (Å²) in [6.07, 6.45) is 1.62. The normalized spacial score (nSPS) is 18.9. The quantitative estimate of drug-likeness (QED) is 0.641. The molecular formula is C17H23ClN4O2S3. The number of aryl methyl sites for hydroxylation is 1. The van der Waals surface area contributed by atoms with Crippen molar-refractivity contribution >= 4 is 55.8 Å². The predicted octanol–water partition coefficient (Wildman–Crippen LogP) is 4.24. The maximum Gasteiger partial charge on any atom is 0.209 e. The van der Waals surface area contributed by atoms with Crippen molar-refractivity contribution in [2.24, 2.45) is 0 Å². The highest BCUT2D eigenvalue weighted by Gasteiger charge is 2.32. The van der Waals surface area contributed by atoms with Gasteiger partial charge in [-0.3, -0.25) is 4.90 Å². The number of sulfone groups is 1. The molecule has 1 aromatic heterocycles. The minimum Gasteiger partial charge on any atom is -0.330 e. The molecule has 10 heteroatoms. The first kappa shape index (κ1) is 20.7. The van der Waals surface area contributed by atoms with Crippen LogP contribution in [0.3, 0.4) is 0 Å². The van der Waals surface area contributed by atoms with Crippen LogP contribution in [-0.4, -0.2) is 47.2 Å². The van der Waals surface area contributed by atoms with Gasteiger partial charge in [-0.1, -0.05) is 35.9 Å². The molecule has 1 aromatic carbocycles. The number of anilines is 2. The Balaban J connectivity index is 1.74. The van der Waals surface area contributed by atoms with Gasteiger partial charge in [0.25, 0.3) is 0 Å². The fourth-order valence-corrected chi connectivity index (χ4v) is 6.09. The van der Waals surface area contributed by atoms with E-state index >= 15 is 0 Å². The molecule has 0 radical (unpaired) electrons. The molecule has 1 atom stereocenters. The van der Waals surface area contributed by atoms with Crippen molar-refractivity contribution < 1.29 is 8.42 Å². The Hall–Kier alpha value is -1.00. The number of halogens is 1. The molecule has 1 aliphatic rings. The van der Waals surface area contributed by atoms with Crippen LogP contribution in [0.1, 0.15) is 25.3 Å². The molecule has 27 heavy (non-hydrogen) atoms. The fraction of sp³-hybridized carbons (Fsp3) is 0.529. The highest BCUT2D eigenvalue weighted by Crippen LogP contribution is 2.25. The van der Waals surface area contributed by atoms with Gasteiger partial charge in [0.1, 0.15) is 0 Å². The number of benzene rings is 1. The molecule has 1 aliphatic heterocycles. The second kappa shape index (κ2) is 8.57. The summed E-state index contributed by atoms with van der Waals surface area (Å²) in [7, 11) is -2.92. The summed E-state index contributed by atoms with van der Waals surface area (Å²) in [4.78, 5) is 2.17. The van der Waals surface area contributed by atoms with Crippen molar-refractivity contribution in [1.29, 1.82) is 0 Å². The molecular weight excluding hydrogens is 424 g/mol. The number of nitrogens with zero attached hydrogens (tertiary/aromatic N) is 3. The summed E-state index contributed by atoms with van der Waals surface area (Å²) < 4.78 is 26.1. The van der Waals surface area contributed by atoms with Crippen molar-refractivity contribution in [2.45, 2.75) is 39.4 Å². The molecule has 148 valence electrons. The molecule has 1 N–H and O–H groups in total. The molecule has 0 bridgehead atoms. The SMILES string of the molecule is CCCN(Cn1nc(Nc2ccc(C)c(Cl)c2)sc1=S)[C@@H]1CCS(=O)(=O)C1. The zero-order chi connectivity index (χ0) is 19.6. The first-order valence-corrected chi connectivity index (χ1v) is 12.3. The van der Waals surface area contributed by atoms with Crippen LogP contribution in [0.5, 0.6) is 0 Å². The summed E-state index contributed by atoms with van der Waals surface area (Å²) in [5, 5.41) is 9.20. The van der Waals surface area contributed by atoms with Crippen LogP contribution in [0, 0.1) is 10.9 Å². The minimum atomic E-state index is -2.92. The summed E-state index contributed by atoms with van der Waals surface area (Å²) in [6.45, 7) is 5.36. The van der Waals surface area contributed by atoms with Crippen molar-refractivity contribution in [2.75, 3.05) is 23.4 Å². The smallest absolute Gasteiger partial charge is 0.209 e.